The second kappa shape index (κ2) is 8.83. The molecule has 0 unspecified atom stereocenters. The number of phenols is 1. The summed E-state index contributed by atoms with van der Waals surface area (Å²) >= 11 is 0. The SMILES string of the molecule is COC(=O)c1cc(O)c2c(C#C[Si]C(C(C)C)(C(C)C)C(C)C)cccc2c1. The second-order valence-corrected chi connectivity index (χ2v) is 9.53. The van der Waals surface area contributed by atoms with E-state index in [1.807, 2.05) is 18.2 Å². The van der Waals surface area contributed by atoms with Gasteiger partial charge in [0.1, 0.15) is 5.75 Å². The molecule has 0 bridgehead atoms. The van der Waals surface area contributed by atoms with E-state index in [4.69, 9.17) is 4.74 Å². The summed E-state index contributed by atoms with van der Waals surface area (Å²) < 4.78 is 4.76. The summed E-state index contributed by atoms with van der Waals surface area (Å²) in [5, 5.41) is 12.1. The fraction of sp³-hybridized carbons (Fsp3) is 0.458. The molecular formula is C24H30O3Si. The zero-order chi connectivity index (χ0) is 21.1. The number of hydrogen-bond donors (Lipinski definition) is 1. The van der Waals surface area contributed by atoms with Crippen LogP contribution >= 0.6 is 0 Å². The molecule has 2 aromatic carbocycles. The van der Waals surface area contributed by atoms with Crippen molar-refractivity contribution in [3.05, 3.63) is 41.5 Å². The lowest BCUT2D eigenvalue weighted by molar-refractivity contribution is 0.0600. The van der Waals surface area contributed by atoms with Crippen LogP contribution in [0.1, 0.15) is 57.5 Å². The van der Waals surface area contributed by atoms with Crippen LogP contribution in [0.25, 0.3) is 10.8 Å². The van der Waals surface area contributed by atoms with Crippen molar-refractivity contribution in [2.45, 2.75) is 46.6 Å². The lowest BCUT2D eigenvalue weighted by Gasteiger charge is -2.43. The Morgan fingerprint density at radius 3 is 2.21 bits per heavy atom. The van der Waals surface area contributed by atoms with Crippen molar-refractivity contribution in [3.8, 4) is 17.2 Å². The van der Waals surface area contributed by atoms with E-state index in [-0.39, 0.29) is 10.8 Å². The van der Waals surface area contributed by atoms with E-state index in [0.717, 1.165) is 10.9 Å². The minimum atomic E-state index is -0.467. The molecule has 1 N–H and O–H groups in total. The molecule has 3 nitrogen and oxygen atoms in total. The number of aromatic hydroxyl groups is 1. The zero-order valence-electron chi connectivity index (χ0n) is 17.9. The van der Waals surface area contributed by atoms with Crippen molar-refractivity contribution < 1.29 is 14.6 Å². The van der Waals surface area contributed by atoms with E-state index in [1.165, 1.54) is 13.2 Å². The Labute approximate surface area is 171 Å². The molecule has 0 heterocycles. The molecule has 4 heteroatoms. The Morgan fingerprint density at radius 1 is 1.07 bits per heavy atom. The van der Waals surface area contributed by atoms with Crippen molar-refractivity contribution in [2.75, 3.05) is 7.11 Å². The van der Waals surface area contributed by atoms with Crippen LogP contribution in [-0.4, -0.2) is 27.7 Å². The Bertz CT molecular complexity index is 895. The fourth-order valence-corrected chi connectivity index (χ4v) is 5.66. The minimum absolute atomic E-state index is 0.0500. The van der Waals surface area contributed by atoms with E-state index in [9.17, 15) is 9.90 Å². The van der Waals surface area contributed by atoms with Crippen molar-refractivity contribution in [3.63, 3.8) is 0 Å². The highest BCUT2D eigenvalue weighted by atomic mass is 28.2. The number of hydrogen-bond acceptors (Lipinski definition) is 3. The zero-order valence-corrected chi connectivity index (χ0v) is 18.9. The highest BCUT2D eigenvalue weighted by molar-refractivity contribution is 6.50. The maximum Gasteiger partial charge on any atom is 0.338 e. The van der Waals surface area contributed by atoms with Gasteiger partial charge < -0.3 is 9.84 Å². The Kier molecular flexibility index (Phi) is 6.95. The Balaban J connectivity index is 2.50. The molecule has 0 saturated carbocycles. The van der Waals surface area contributed by atoms with Gasteiger partial charge in [-0.05, 0) is 46.4 Å². The first kappa shape index (κ1) is 22.0. The largest absolute Gasteiger partial charge is 0.507 e. The lowest BCUT2D eigenvalue weighted by atomic mass is 9.76. The molecule has 0 atom stereocenters. The fourth-order valence-electron chi connectivity index (χ4n) is 4.38. The monoisotopic (exact) mass is 394 g/mol. The van der Waals surface area contributed by atoms with Crippen LogP contribution in [0.3, 0.4) is 0 Å². The van der Waals surface area contributed by atoms with Gasteiger partial charge in [0.25, 0.3) is 0 Å². The first-order chi connectivity index (χ1) is 13.1. The molecule has 0 spiro atoms. The molecule has 2 rings (SSSR count). The standard InChI is InChI=1S/C24H30O3Si/c1-15(2)24(16(3)4,17(5)6)28-12-11-18-9-8-10-19-13-20(23(26)27-7)14-21(25)22(18)19/h8-10,13-17,25H,1-7H3. The van der Waals surface area contributed by atoms with Crippen molar-refractivity contribution in [1.29, 1.82) is 0 Å². The lowest BCUT2D eigenvalue weighted by Crippen LogP contribution is -2.36. The maximum absolute atomic E-state index is 11.8. The quantitative estimate of drug-likeness (QED) is 0.415. The molecule has 0 aliphatic carbocycles. The molecule has 0 aliphatic rings. The van der Waals surface area contributed by atoms with Gasteiger partial charge in [-0.2, -0.15) is 0 Å². The molecule has 0 aliphatic heterocycles. The third-order valence-electron chi connectivity index (χ3n) is 5.72. The van der Waals surface area contributed by atoms with Crippen LogP contribution in [0.2, 0.25) is 5.04 Å². The van der Waals surface area contributed by atoms with E-state index >= 15 is 0 Å². The van der Waals surface area contributed by atoms with Gasteiger partial charge in [-0.15, -0.1) is 5.54 Å². The molecule has 2 aromatic rings. The van der Waals surface area contributed by atoms with Crippen LogP contribution < -0.4 is 0 Å². The Hall–Kier alpha value is -2.25. The van der Waals surface area contributed by atoms with Gasteiger partial charge in [0, 0.05) is 10.9 Å². The van der Waals surface area contributed by atoms with Gasteiger partial charge >= 0.3 is 5.97 Å². The number of rotatable bonds is 5. The van der Waals surface area contributed by atoms with E-state index in [2.05, 4.69) is 53.0 Å². The van der Waals surface area contributed by atoms with E-state index in [1.54, 1.807) is 6.07 Å². The third-order valence-corrected chi connectivity index (χ3v) is 8.13. The van der Waals surface area contributed by atoms with Crippen LogP contribution in [0.5, 0.6) is 5.75 Å². The molecule has 0 aromatic heterocycles. The average molecular weight is 395 g/mol. The summed E-state index contributed by atoms with van der Waals surface area (Å²) in [5.74, 6) is 4.47. The second-order valence-electron chi connectivity index (χ2n) is 8.16. The van der Waals surface area contributed by atoms with Gasteiger partial charge in [0.2, 0.25) is 0 Å². The van der Waals surface area contributed by atoms with E-state index < -0.39 is 5.97 Å². The number of fused-ring (bicyclic) bond motifs is 1. The van der Waals surface area contributed by atoms with Crippen LogP contribution in [0.4, 0.5) is 0 Å². The van der Waals surface area contributed by atoms with Gasteiger partial charge in [0.05, 0.1) is 12.7 Å². The molecule has 2 radical (unpaired) electrons. The topological polar surface area (TPSA) is 46.5 Å². The Morgan fingerprint density at radius 2 is 1.68 bits per heavy atom. The normalized spacial score (nSPS) is 11.8. The number of methoxy groups -OCH3 is 1. The first-order valence-corrected chi connectivity index (χ1v) is 10.8. The summed E-state index contributed by atoms with van der Waals surface area (Å²) in [6.07, 6.45) is 0. The number of phenolic OH excluding ortho intramolecular Hbond substituents is 1. The predicted molar refractivity (Wildman–Crippen MR) is 117 cm³/mol. The van der Waals surface area contributed by atoms with Gasteiger partial charge in [-0.1, -0.05) is 59.6 Å². The van der Waals surface area contributed by atoms with Gasteiger partial charge in [-0.25, -0.2) is 4.79 Å². The molecule has 0 saturated heterocycles. The number of carbonyl (C=O) groups excluding carboxylic acids is 1. The summed E-state index contributed by atoms with van der Waals surface area (Å²) in [6, 6.07) is 8.86. The highest BCUT2D eigenvalue weighted by Crippen LogP contribution is 2.49. The van der Waals surface area contributed by atoms with Gasteiger partial charge in [-0.3, -0.25) is 0 Å². The average Bonchev–Trinajstić information content (AvgIpc) is 2.63. The molecule has 0 fully saturated rings. The number of esters is 1. The molecule has 28 heavy (non-hydrogen) atoms. The van der Waals surface area contributed by atoms with Crippen LogP contribution in [-0.2, 0) is 4.74 Å². The smallest absolute Gasteiger partial charge is 0.338 e. The predicted octanol–water partition coefficient (Wildman–Crippen LogP) is 5.47. The maximum atomic E-state index is 11.8. The number of carbonyl (C=O) groups is 1. The van der Waals surface area contributed by atoms with Crippen molar-refractivity contribution in [2.24, 2.45) is 17.8 Å². The van der Waals surface area contributed by atoms with Crippen molar-refractivity contribution in [1.82, 2.24) is 0 Å². The number of ether oxygens (including phenoxy) is 1. The van der Waals surface area contributed by atoms with E-state index in [0.29, 0.717) is 38.2 Å². The molecular weight excluding hydrogens is 364 g/mol. The summed E-state index contributed by atoms with van der Waals surface area (Å²) in [7, 11) is 1.84. The summed E-state index contributed by atoms with van der Waals surface area (Å²) in [6.45, 7) is 13.7. The molecule has 148 valence electrons. The van der Waals surface area contributed by atoms with Crippen LogP contribution in [0.15, 0.2) is 30.3 Å². The minimum Gasteiger partial charge on any atom is -0.507 e. The third kappa shape index (κ3) is 4.10. The summed E-state index contributed by atoms with van der Waals surface area (Å²) in [5.41, 5.74) is 4.54. The highest BCUT2D eigenvalue weighted by Gasteiger charge is 2.40. The number of benzene rings is 2. The molecule has 0 amide bonds. The first-order valence-electron chi connectivity index (χ1n) is 9.77. The summed E-state index contributed by atoms with van der Waals surface area (Å²) in [4.78, 5) is 11.8. The van der Waals surface area contributed by atoms with Crippen LogP contribution in [0, 0.1) is 29.2 Å². The van der Waals surface area contributed by atoms with Gasteiger partial charge in [0.15, 0.2) is 9.52 Å². The van der Waals surface area contributed by atoms with Crippen molar-refractivity contribution >= 4 is 26.3 Å².